The van der Waals surface area contributed by atoms with Gasteiger partial charge in [0.1, 0.15) is 4.92 Å². The topological polar surface area (TPSA) is 85.9 Å². The lowest BCUT2D eigenvalue weighted by Gasteiger charge is -1.92. The zero-order valence-electron chi connectivity index (χ0n) is 11.0. The molecule has 0 bridgehead atoms. The van der Waals surface area contributed by atoms with Crippen LogP contribution in [-0.2, 0) is 7.05 Å². The maximum absolute atomic E-state index is 10.5. The summed E-state index contributed by atoms with van der Waals surface area (Å²) in [5.41, 5.74) is 1.07. The van der Waals surface area contributed by atoms with Crippen molar-refractivity contribution >= 4 is 33.7 Å². The van der Waals surface area contributed by atoms with Crippen molar-refractivity contribution in [3.05, 3.63) is 57.1 Å². The average molecular weight is 302 g/mol. The van der Waals surface area contributed by atoms with E-state index >= 15 is 0 Å². The van der Waals surface area contributed by atoms with Crippen LogP contribution in [0.5, 0.6) is 0 Å². The normalized spacial score (nSPS) is 12.5. The summed E-state index contributed by atoms with van der Waals surface area (Å²) in [5, 5.41) is 18.5. The number of furan rings is 1. The summed E-state index contributed by atoms with van der Waals surface area (Å²) >= 11 is 1.51. The summed E-state index contributed by atoms with van der Waals surface area (Å²) < 4.78 is 8.01. The second kappa shape index (κ2) is 5.33. The fraction of sp³-hybridized carbons (Fsp3) is 0.0769. The molecule has 1 aromatic carbocycles. The molecule has 2 heterocycles. The van der Waals surface area contributed by atoms with Crippen LogP contribution >= 0.6 is 11.3 Å². The Kier molecular flexibility index (Phi) is 3.36. The van der Waals surface area contributed by atoms with Crippen LogP contribution in [0.4, 0.5) is 5.88 Å². The van der Waals surface area contributed by atoms with E-state index < -0.39 is 4.92 Å². The summed E-state index contributed by atoms with van der Waals surface area (Å²) in [5.74, 6) is -0.0296. The zero-order valence-corrected chi connectivity index (χ0v) is 11.8. The van der Waals surface area contributed by atoms with E-state index in [1.165, 1.54) is 29.7 Å². The minimum atomic E-state index is -0.597. The predicted molar refractivity (Wildman–Crippen MR) is 79.3 cm³/mol. The summed E-state index contributed by atoms with van der Waals surface area (Å²) in [6.45, 7) is 0. The second-order valence-electron chi connectivity index (χ2n) is 4.19. The first-order chi connectivity index (χ1) is 10.1. The number of para-hydroxylation sites is 1. The van der Waals surface area contributed by atoms with Crippen molar-refractivity contribution in [2.75, 3.05) is 0 Å². The monoisotopic (exact) mass is 302 g/mol. The second-order valence-corrected chi connectivity index (χ2v) is 5.20. The highest BCUT2D eigenvalue weighted by Gasteiger charge is 2.10. The molecule has 21 heavy (non-hydrogen) atoms. The molecule has 0 aliphatic carbocycles. The lowest BCUT2D eigenvalue weighted by molar-refractivity contribution is -0.402. The first-order valence-electron chi connectivity index (χ1n) is 6.01. The van der Waals surface area contributed by atoms with Gasteiger partial charge in [-0.3, -0.25) is 10.1 Å². The minimum Gasteiger partial charge on any atom is -0.400 e. The van der Waals surface area contributed by atoms with Crippen LogP contribution in [0, 0.1) is 10.1 Å². The van der Waals surface area contributed by atoms with Crippen molar-refractivity contribution in [2.45, 2.75) is 0 Å². The quantitative estimate of drug-likeness (QED) is 0.423. The summed E-state index contributed by atoms with van der Waals surface area (Å²) in [4.78, 5) is 10.6. The molecule has 7 nitrogen and oxygen atoms in total. The van der Waals surface area contributed by atoms with Gasteiger partial charge in [-0.2, -0.15) is 5.10 Å². The van der Waals surface area contributed by atoms with Crippen LogP contribution in [0.15, 0.2) is 51.0 Å². The first-order valence-corrected chi connectivity index (χ1v) is 6.82. The molecule has 0 saturated carbocycles. The number of nitro groups is 1. The van der Waals surface area contributed by atoms with Crippen molar-refractivity contribution in [3.8, 4) is 0 Å². The first kappa shape index (κ1) is 13.3. The molecular weight excluding hydrogens is 292 g/mol. The van der Waals surface area contributed by atoms with Gasteiger partial charge < -0.3 is 8.98 Å². The number of hydrogen-bond donors (Lipinski definition) is 0. The third-order valence-electron chi connectivity index (χ3n) is 2.84. The lowest BCUT2D eigenvalue weighted by atomic mass is 10.3. The molecule has 0 N–H and O–H groups in total. The fourth-order valence-corrected chi connectivity index (χ4v) is 2.80. The molecule has 0 amide bonds. The Labute approximate surface area is 122 Å². The minimum absolute atomic E-state index is 0.286. The highest BCUT2D eigenvalue weighted by Crippen LogP contribution is 2.15. The Bertz CT molecular complexity index is 903. The van der Waals surface area contributed by atoms with Crippen LogP contribution in [0.3, 0.4) is 0 Å². The summed E-state index contributed by atoms with van der Waals surface area (Å²) in [6.07, 6.45) is 1.34. The van der Waals surface area contributed by atoms with E-state index in [2.05, 4.69) is 10.2 Å². The molecule has 2 aromatic heterocycles. The largest absolute Gasteiger partial charge is 0.433 e. The van der Waals surface area contributed by atoms with E-state index in [9.17, 15) is 10.1 Å². The lowest BCUT2D eigenvalue weighted by Crippen LogP contribution is -2.08. The van der Waals surface area contributed by atoms with Gasteiger partial charge in [0.15, 0.2) is 5.76 Å². The van der Waals surface area contributed by atoms with Crippen molar-refractivity contribution in [3.63, 3.8) is 0 Å². The number of thiazole rings is 1. The van der Waals surface area contributed by atoms with E-state index in [1.807, 2.05) is 35.9 Å². The van der Waals surface area contributed by atoms with E-state index in [0.717, 1.165) is 15.0 Å². The Balaban J connectivity index is 1.91. The molecule has 3 rings (SSSR count). The molecule has 0 fully saturated rings. The van der Waals surface area contributed by atoms with Gasteiger partial charge in [0.2, 0.25) is 4.80 Å². The van der Waals surface area contributed by atoms with Gasteiger partial charge in [0, 0.05) is 7.05 Å². The number of aromatic nitrogens is 1. The highest BCUT2D eigenvalue weighted by atomic mass is 32.1. The molecular formula is C13H10N4O3S. The van der Waals surface area contributed by atoms with Gasteiger partial charge in [-0.05, 0) is 18.2 Å². The average Bonchev–Trinajstić information content (AvgIpc) is 3.06. The van der Waals surface area contributed by atoms with Crippen molar-refractivity contribution in [1.82, 2.24) is 4.57 Å². The highest BCUT2D eigenvalue weighted by molar-refractivity contribution is 7.16. The molecule has 0 aliphatic rings. The number of hydrogen-bond acceptors (Lipinski definition) is 6. The molecule has 0 aliphatic heterocycles. The Morgan fingerprint density at radius 3 is 2.86 bits per heavy atom. The molecule has 0 spiro atoms. The van der Waals surface area contributed by atoms with Gasteiger partial charge in [-0.25, -0.2) is 0 Å². The van der Waals surface area contributed by atoms with Crippen LogP contribution < -0.4 is 4.80 Å². The molecule has 0 radical (unpaired) electrons. The number of nitrogens with zero attached hydrogens (tertiary/aromatic N) is 4. The maximum Gasteiger partial charge on any atom is 0.433 e. The van der Waals surface area contributed by atoms with E-state index in [0.29, 0.717) is 0 Å². The van der Waals surface area contributed by atoms with E-state index in [1.54, 1.807) is 0 Å². The number of aryl methyl sites for hydroxylation is 1. The van der Waals surface area contributed by atoms with Crippen LogP contribution in [0.25, 0.3) is 10.2 Å². The van der Waals surface area contributed by atoms with E-state index in [-0.39, 0.29) is 11.6 Å². The number of fused-ring (bicyclic) bond motifs is 1. The SMILES string of the molecule is Cn1/c(=N\N=C/c2ccc([N+](=O)[O-])o2)sc2ccccc21. The summed E-state index contributed by atoms with van der Waals surface area (Å²) in [7, 11) is 1.91. The standard InChI is InChI=1S/C13H10N4O3S/c1-16-10-4-2-3-5-11(10)21-13(16)15-14-8-9-6-7-12(20-9)17(18)19/h2-8H,1H3/b14-8-,15-13+. The molecule has 0 saturated heterocycles. The third-order valence-corrected chi connectivity index (χ3v) is 3.94. The zero-order chi connectivity index (χ0) is 14.8. The predicted octanol–water partition coefficient (Wildman–Crippen LogP) is 2.68. The Hall–Kier alpha value is -2.74. The fourth-order valence-electron chi connectivity index (χ4n) is 1.82. The van der Waals surface area contributed by atoms with Gasteiger partial charge in [0.05, 0.1) is 22.5 Å². The van der Waals surface area contributed by atoms with Crippen molar-refractivity contribution in [2.24, 2.45) is 17.3 Å². The number of rotatable bonds is 3. The van der Waals surface area contributed by atoms with Gasteiger partial charge in [-0.15, -0.1) is 5.10 Å². The number of benzene rings is 1. The van der Waals surface area contributed by atoms with Gasteiger partial charge >= 0.3 is 5.88 Å². The van der Waals surface area contributed by atoms with Gasteiger partial charge in [0.25, 0.3) is 0 Å². The molecule has 106 valence electrons. The van der Waals surface area contributed by atoms with Gasteiger partial charge in [-0.1, -0.05) is 23.5 Å². The van der Waals surface area contributed by atoms with Crippen molar-refractivity contribution in [1.29, 1.82) is 0 Å². The van der Waals surface area contributed by atoms with Crippen LogP contribution in [0.2, 0.25) is 0 Å². The molecule has 8 heteroatoms. The molecule has 3 aromatic rings. The maximum atomic E-state index is 10.5. The Morgan fingerprint density at radius 1 is 1.33 bits per heavy atom. The van der Waals surface area contributed by atoms with Crippen LogP contribution in [0.1, 0.15) is 5.76 Å². The molecule has 0 unspecified atom stereocenters. The molecule has 0 atom stereocenters. The van der Waals surface area contributed by atoms with E-state index in [4.69, 9.17) is 4.42 Å². The Morgan fingerprint density at radius 2 is 2.14 bits per heavy atom. The third kappa shape index (κ3) is 2.61. The van der Waals surface area contributed by atoms with Crippen LogP contribution in [-0.4, -0.2) is 15.7 Å². The smallest absolute Gasteiger partial charge is 0.400 e. The van der Waals surface area contributed by atoms with Crippen molar-refractivity contribution < 1.29 is 9.34 Å². The summed E-state index contributed by atoms with van der Waals surface area (Å²) in [6, 6.07) is 10.7.